The molecule has 1 radical (unpaired) electrons. The van der Waals surface area contributed by atoms with Gasteiger partial charge in [0.25, 0.3) is 0 Å². The van der Waals surface area contributed by atoms with Crippen molar-refractivity contribution < 1.29 is 51.0 Å². The number of halogens is 3. The first-order chi connectivity index (χ1) is 10.5. The summed E-state index contributed by atoms with van der Waals surface area (Å²) in [7, 11) is 1.39. The Balaban J connectivity index is 0.00000264. The molecule has 2 aromatic rings. The third kappa shape index (κ3) is 4.38. The third-order valence-electron chi connectivity index (χ3n) is 2.97. The van der Waals surface area contributed by atoms with Gasteiger partial charge in [-0.15, -0.1) is 0 Å². The van der Waals surface area contributed by atoms with E-state index in [-0.39, 0.29) is 68.1 Å². The van der Waals surface area contributed by atoms with Gasteiger partial charge in [0.15, 0.2) is 6.79 Å². The van der Waals surface area contributed by atoms with Crippen LogP contribution < -0.4 is 10.3 Å². The zero-order chi connectivity index (χ0) is 16.3. The molecule has 0 N–H and O–H groups in total. The molecule has 0 atom stereocenters. The number of ether oxygens (including phenoxy) is 2. The Morgan fingerprint density at radius 2 is 1.91 bits per heavy atom. The molecule has 2 rings (SSSR count). The summed E-state index contributed by atoms with van der Waals surface area (Å²) in [5, 5.41) is -0.0635. The van der Waals surface area contributed by atoms with E-state index in [1.807, 2.05) is 0 Å². The molecule has 23 heavy (non-hydrogen) atoms. The average Bonchev–Trinajstić information content (AvgIpc) is 2.48. The summed E-state index contributed by atoms with van der Waals surface area (Å²) in [5.74, 6) is -1.75. The molecule has 121 valence electrons. The second kappa shape index (κ2) is 8.87. The molecule has 0 aliphatic heterocycles. The van der Waals surface area contributed by atoms with Crippen LogP contribution in [0.15, 0.2) is 23.0 Å². The first-order valence-corrected chi connectivity index (χ1v) is 6.79. The van der Waals surface area contributed by atoms with Crippen LogP contribution in [-0.2, 0) is 44.0 Å². The van der Waals surface area contributed by atoms with Crippen molar-refractivity contribution in [1.29, 1.82) is 0 Å². The molecule has 0 unspecified atom stereocenters. The number of hydrogen-bond acceptors (Lipinski definition) is 3. The molecule has 4 nitrogen and oxygen atoms in total. The van der Waals surface area contributed by atoms with Crippen molar-refractivity contribution in [3.63, 3.8) is 0 Å². The van der Waals surface area contributed by atoms with Gasteiger partial charge in [0.1, 0.15) is 5.75 Å². The van der Waals surface area contributed by atoms with E-state index in [1.165, 1.54) is 13.2 Å². The number of hydrogen-bond donors (Lipinski definition) is 0. The number of benzene rings is 1. The van der Waals surface area contributed by atoms with Crippen molar-refractivity contribution in [2.75, 3.05) is 13.9 Å². The molecule has 0 amide bonds. The van der Waals surface area contributed by atoms with Crippen LogP contribution in [-0.4, -0.2) is 18.5 Å². The monoisotopic (exact) mass is 417 g/mol. The van der Waals surface area contributed by atoms with Crippen LogP contribution in [0.4, 0.5) is 8.78 Å². The van der Waals surface area contributed by atoms with Gasteiger partial charge in [-0.05, 0) is 12.5 Å². The Labute approximate surface area is 162 Å². The molecule has 0 spiro atoms. The van der Waals surface area contributed by atoms with Crippen molar-refractivity contribution in [1.82, 2.24) is 4.57 Å². The summed E-state index contributed by atoms with van der Waals surface area (Å²) in [5.41, 5.74) is -0.901. The Bertz CT molecular complexity index is 729. The van der Waals surface area contributed by atoms with Crippen molar-refractivity contribution in [3.05, 3.63) is 51.3 Å². The number of aromatic nitrogens is 1. The minimum Gasteiger partial charge on any atom is -0.467 e. The predicted octanol–water partition coefficient (Wildman–Crippen LogP) is 3.25. The second-order valence-corrected chi connectivity index (χ2v) is 4.75. The van der Waals surface area contributed by atoms with Gasteiger partial charge >= 0.3 is 0 Å². The van der Waals surface area contributed by atoms with Crippen molar-refractivity contribution in [2.24, 2.45) is 0 Å². The molecule has 0 fully saturated rings. The first-order valence-electron chi connectivity index (χ1n) is 6.41. The molecule has 0 aliphatic carbocycles. The van der Waals surface area contributed by atoms with Crippen LogP contribution in [0.2, 0.25) is 5.02 Å². The Morgan fingerprint density at radius 1 is 1.30 bits per heavy atom. The van der Waals surface area contributed by atoms with Crippen LogP contribution in [0.3, 0.4) is 0 Å². The summed E-state index contributed by atoms with van der Waals surface area (Å²) in [6.45, 7) is 1.73. The van der Waals surface area contributed by atoms with Gasteiger partial charge < -0.3 is 14.0 Å². The van der Waals surface area contributed by atoms with Gasteiger partial charge in [-0.3, -0.25) is 4.79 Å². The molecule has 0 saturated carbocycles. The van der Waals surface area contributed by atoms with Gasteiger partial charge in [0, 0.05) is 63.5 Å². The Kier molecular flexibility index (Phi) is 7.81. The number of methoxy groups -OCH3 is 1. The fourth-order valence-electron chi connectivity index (χ4n) is 2.00. The van der Waals surface area contributed by atoms with Gasteiger partial charge in [-0.2, -0.15) is 23.7 Å². The third-order valence-corrected chi connectivity index (χ3v) is 3.24. The molecular formula is C15H13ClF2NO3Y-. The van der Waals surface area contributed by atoms with Crippen molar-refractivity contribution in [3.8, 4) is 17.0 Å². The van der Waals surface area contributed by atoms with Crippen LogP contribution in [0.25, 0.3) is 11.3 Å². The quantitative estimate of drug-likeness (QED) is 0.554. The number of pyridine rings is 1. The molecule has 1 aromatic heterocycles. The molecule has 0 bridgehead atoms. The van der Waals surface area contributed by atoms with Crippen LogP contribution in [0.1, 0.15) is 6.92 Å². The van der Waals surface area contributed by atoms with Crippen molar-refractivity contribution >= 4 is 11.6 Å². The SMILES string of the molecule is CCn1c(-c2c(F)cc(OCOC)cc2F)[c-]cc(Cl)c1=O.[Y]. The average molecular weight is 418 g/mol. The molecule has 8 heteroatoms. The zero-order valence-electron chi connectivity index (χ0n) is 12.5. The van der Waals surface area contributed by atoms with Crippen LogP contribution in [0.5, 0.6) is 5.75 Å². The standard InChI is InChI=1S/C15H13ClF2NO3.Y/c1-3-19-13(5-4-10(16)15(19)20)14-11(17)6-9(7-12(14)18)22-8-21-2;/h4,6-7H,3,8H2,1-2H3;/q-1;. The fourth-order valence-corrected chi connectivity index (χ4v) is 2.15. The zero-order valence-corrected chi connectivity index (χ0v) is 16.1. The van der Waals surface area contributed by atoms with E-state index in [0.717, 1.165) is 16.7 Å². The maximum atomic E-state index is 14.2. The molecular weight excluding hydrogens is 405 g/mol. The predicted molar refractivity (Wildman–Crippen MR) is 78.1 cm³/mol. The molecule has 1 heterocycles. The summed E-state index contributed by atoms with van der Waals surface area (Å²) in [4.78, 5) is 11.9. The number of nitrogens with zero attached hydrogens (tertiary/aromatic N) is 1. The van der Waals surface area contributed by atoms with Gasteiger partial charge in [-0.1, -0.05) is 5.69 Å². The Hall–Kier alpha value is -0.816. The molecule has 1 aromatic carbocycles. The summed E-state index contributed by atoms with van der Waals surface area (Å²) >= 11 is 5.73. The minimum absolute atomic E-state index is 0. The smallest absolute Gasteiger partial charge is 0.212 e. The minimum atomic E-state index is -0.869. The molecule has 0 saturated heterocycles. The van der Waals surface area contributed by atoms with Gasteiger partial charge in [0.05, 0.1) is 11.6 Å². The van der Waals surface area contributed by atoms with E-state index in [0.29, 0.717) is 0 Å². The summed E-state index contributed by atoms with van der Waals surface area (Å²) in [6.07, 6.45) is 0. The summed E-state index contributed by atoms with van der Waals surface area (Å²) in [6, 6.07) is 5.87. The maximum absolute atomic E-state index is 14.2. The summed E-state index contributed by atoms with van der Waals surface area (Å²) < 4.78 is 39.3. The van der Waals surface area contributed by atoms with E-state index < -0.39 is 17.2 Å². The van der Waals surface area contributed by atoms with E-state index in [2.05, 4.69) is 10.8 Å². The normalized spacial score (nSPS) is 10.3. The van der Waals surface area contributed by atoms with Gasteiger partial charge in [0.2, 0.25) is 5.56 Å². The number of rotatable bonds is 5. The van der Waals surface area contributed by atoms with E-state index in [9.17, 15) is 13.6 Å². The Morgan fingerprint density at radius 3 is 2.43 bits per heavy atom. The topological polar surface area (TPSA) is 40.5 Å². The van der Waals surface area contributed by atoms with E-state index >= 15 is 0 Å². The van der Waals surface area contributed by atoms with Crippen LogP contribution >= 0.6 is 11.6 Å². The molecule has 0 aliphatic rings. The van der Waals surface area contributed by atoms with E-state index in [4.69, 9.17) is 16.3 Å². The van der Waals surface area contributed by atoms with Gasteiger partial charge in [-0.25, -0.2) is 8.78 Å². The second-order valence-electron chi connectivity index (χ2n) is 4.35. The maximum Gasteiger partial charge on any atom is 0.212 e. The fraction of sp³-hybridized carbons (Fsp3) is 0.267. The van der Waals surface area contributed by atoms with Crippen molar-refractivity contribution in [2.45, 2.75) is 13.5 Å². The largest absolute Gasteiger partial charge is 0.467 e. The first kappa shape index (κ1) is 20.2. The van der Waals surface area contributed by atoms with E-state index in [1.54, 1.807) is 6.92 Å². The van der Waals surface area contributed by atoms with Crippen LogP contribution in [0, 0.1) is 17.7 Å².